The molecule has 0 saturated carbocycles. The van der Waals surface area contributed by atoms with Crippen LogP contribution in [0.2, 0.25) is 0 Å². The summed E-state index contributed by atoms with van der Waals surface area (Å²) in [6.45, 7) is 3.91. The largest absolute Gasteiger partial charge is 0.398 e. The zero-order valence-corrected chi connectivity index (χ0v) is 15.3. The standard InChI is InChI=1S/C22H24N4O/c23-18-6-5-16(21-17(18)12-24-22(21)27)20-11-15-10-14(4-7-19(15)25-20)13-26-8-2-1-3-9-26/h4-7,10-11,25H,1-3,8-9,12-13,23H2,(H,24,27). The number of nitrogens with zero attached hydrogens (tertiary/aromatic N) is 1. The molecule has 0 spiro atoms. The highest BCUT2D eigenvalue weighted by atomic mass is 16.1. The van der Waals surface area contributed by atoms with E-state index in [4.69, 9.17) is 5.73 Å². The third-order valence-corrected chi connectivity index (χ3v) is 5.83. The van der Waals surface area contributed by atoms with Crippen molar-refractivity contribution in [2.45, 2.75) is 32.4 Å². The molecule has 1 aromatic heterocycles. The van der Waals surface area contributed by atoms with E-state index in [1.807, 2.05) is 12.1 Å². The predicted octanol–water partition coefficient (Wildman–Crippen LogP) is 3.65. The molecule has 1 saturated heterocycles. The van der Waals surface area contributed by atoms with E-state index in [2.05, 4.69) is 39.5 Å². The Morgan fingerprint density at radius 1 is 1.04 bits per heavy atom. The Bertz CT molecular complexity index is 1030. The highest BCUT2D eigenvalue weighted by molar-refractivity contribution is 6.06. The molecule has 0 radical (unpaired) electrons. The second-order valence-corrected chi connectivity index (χ2v) is 7.68. The second-order valence-electron chi connectivity index (χ2n) is 7.68. The summed E-state index contributed by atoms with van der Waals surface area (Å²) < 4.78 is 0. The minimum Gasteiger partial charge on any atom is -0.398 e. The van der Waals surface area contributed by atoms with Crippen LogP contribution < -0.4 is 11.1 Å². The van der Waals surface area contributed by atoms with E-state index in [-0.39, 0.29) is 5.91 Å². The van der Waals surface area contributed by atoms with Gasteiger partial charge in [-0.1, -0.05) is 18.6 Å². The number of nitrogen functional groups attached to an aromatic ring is 1. The summed E-state index contributed by atoms with van der Waals surface area (Å²) in [7, 11) is 0. The number of benzene rings is 2. The number of likely N-dealkylation sites (tertiary alicyclic amines) is 1. The van der Waals surface area contributed by atoms with Crippen molar-refractivity contribution < 1.29 is 4.79 Å². The molecule has 0 atom stereocenters. The van der Waals surface area contributed by atoms with Gasteiger partial charge in [0.2, 0.25) is 0 Å². The van der Waals surface area contributed by atoms with Crippen LogP contribution in [0, 0.1) is 0 Å². The lowest BCUT2D eigenvalue weighted by Crippen LogP contribution is -2.28. The summed E-state index contributed by atoms with van der Waals surface area (Å²) in [4.78, 5) is 18.3. The molecular weight excluding hydrogens is 336 g/mol. The summed E-state index contributed by atoms with van der Waals surface area (Å²) in [6.07, 6.45) is 3.97. The monoisotopic (exact) mass is 360 g/mol. The number of nitrogens with one attached hydrogen (secondary N) is 2. The van der Waals surface area contributed by atoms with Gasteiger partial charge in [0.15, 0.2) is 0 Å². The highest BCUT2D eigenvalue weighted by Crippen LogP contribution is 2.34. The van der Waals surface area contributed by atoms with Crippen LogP contribution in [-0.4, -0.2) is 28.9 Å². The van der Waals surface area contributed by atoms with Crippen LogP contribution in [0.3, 0.4) is 0 Å². The first-order valence-electron chi connectivity index (χ1n) is 9.73. The molecule has 2 aliphatic heterocycles. The van der Waals surface area contributed by atoms with Gasteiger partial charge in [0, 0.05) is 46.5 Å². The Labute approximate surface area is 158 Å². The molecule has 1 amide bonds. The molecule has 1 fully saturated rings. The summed E-state index contributed by atoms with van der Waals surface area (Å²) in [5.74, 6) is -0.0447. The van der Waals surface area contributed by atoms with Crippen molar-refractivity contribution in [1.29, 1.82) is 0 Å². The second kappa shape index (κ2) is 6.43. The molecule has 0 aliphatic carbocycles. The molecule has 0 unspecified atom stereocenters. The molecular formula is C22H24N4O. The van der Waals surface area contributed by atoms with Gasteiger partial charge in [-0.05, 0) is 55.8 Å². The number of aromatic nitrogens is 1. The molecule has 5 rings (SSSR count). The first kappa shape index (κ1) is 16.4. The fourth-order valence-corrected chi connectivity index (χ4v) is 4.40. The van der Waals surface area contributed by atoms with Crippen LogP contribution in [-0.2, 0) is 13.1 Å². The van der Waals surface area contributed by atoms with Gasteiger partial charge in [-0.3, -0.25) is 9.69 Å². The number of carbonyl (C=O) groups excluding carboxylic acids is 1. The van der Waals surface area contributed by atoms with Crippen molar-refractivity contribution in [3.63, 3.8) is 0 Å². The Balaban J connectivity index is 1.51. The summed E-state index contributed by atoms with van der Waals surface area (Å²) in [5, 5.41) is 4.07. The SMILES string of the molecule is Nc1ccc(-c2cc3cc(CN4CCCCC4)ccc3[nH]2)c2c1CNC2=O. The van der Waals surface area contributed by atoms with Gasteiger partial charge in [-0.2, -0.15) is 0 Å². The van der Waals surface area contributed by atoms with Crippen molar-refractivity contribution in [1.82, 2.24) is 15.2 Å². The highest BCUT2D eigenvalue weighted by Gasteiger charge is 2.25. The molecule has 3 aromatic rings. The summed E-state index contributed by atoms with van der Waals surface area (Å²) in [5.41, 5.74) is 12.7. The normalized spacial score (nSPS) is 17.3. The number of piperidine rings is 1. The lowest BCUT2D eigenvalue weighted by Gasteiger charge is -2.26. The van der Waals surface area contributed by atoms with Gasteiger partial charge < -0.3 is 16.0 Å². The van der Waals surface area contributed by atoms with Crippen LogP contribution in [0.25, 0.3) is 22.2 Å². The van der Waals surface area contributed by atoms with E-state index < -0.39 is 0 Å². The Hall–Kier alpha value is -2.79. The smallest absolute Gasteiger partial charge is 0.252 e. The number of H-pyrrole nitrogens is 1. The molecule has 3 heterocycles. The summed E-state index contributed by atoms with van der Waals surface area (Å²) in [6, 6.07) is 12.6. The van der Waals surface area contributed by atoms with Gasteiger partial charge in [0.25, 0.3) is 5.91 Å². The first-order chi connectivity index (χ1) is 13.2. The van der Waals surface area contributed by atoms with E-state index in [0.29, 0.717) is 17.8 Å². The zero-order chi connectivity index (χ0) is 18.4. The van der Waals surface area contributed by atoms with E-state index in [1.165, 1.54) is 43.3 Å². The molecule has 5 heteroatoms. The fraction of sp³-hybridized carbons (Fsp3) is 0.318. The maximum atomic E-state index is 12.3. The van der Waals surface area contributed by atoms with Crippen LogP contribution in [0.15, 0.2) is 36.4 Å². The number of hydrogen-bond acceptors (Lipinski definition) is 3. The van der Waals surface area contributed by atoms with Gasteiger partial charge in [0.1, 0.15) is 0 Å². The van der Waals surface area contributed by atoms with Gasteiger partial charge in [-0.15, -0.1) is 0 Å². The van der Waals surface area contributed by atoms with Crippen molar-refractivity contribution in [3.05, 3.63) is 53.1 Å². The van der Waals surface area contributed by atoms with Crippen LogP contribution >= 0.6 is 0 Å². The van der Waals surface area contributed by atoms with E-state index in [1.54, 1.807) is 0 Å². The lowest BCUT2D eigenvalue weighted by atomic mass is 9.99. The number of hydrogen-bond donors (Lipinski definition) is 3. The van der Waals surface area contributed by atoms with Crippen LogP contribution in [0.5, 0.6) is 0 Å². The fourth-order valence-electron chi connectivity index (χ4n) is 4.40. The number of aromatic amines is 1. The van der Waals surface area contributed by atoms with E-state index >= 15 is 0 Å². The third kappa shape index (κ3) is 2.88. The van der Waals surface area contributed by atoms with Crippen molar-refractivity contribution >= 4 is 22.5 Å². The van der Waals surface area contributed by atoms with Crippen molar-refractivity contribution in [2.75, 3.05) is 18.8 Å². The number of amides is 1. The quantitative estimate of drug-likeness (QED) is 0.624. The number of anilines is 1. The molecule has 5 nitrogen and oxygen atoms in total. The topological polar surface area (TPSA) is 74.2 Å². The Kier molecular flexibility index (Phi) is 3.90. The molecule has 138 valence electrons. The summed E-state index contributed by atoms with van der Waals surface area (Å²) >= 11 is 0. The minimum absolute atomic E-state index is 0.0447. The van der Waals surface area contributed by atoms with E-state index in [9.17, 15) is 4.79 Å². The number of carbonyl (C=O) groups is 1. The van der Waals surface area contributed by atoms with Gasteiger partial charge in [0.05, 0.1) is 5.56 Å². The molecule has 2 aromatic carbocycles. The lowest BCUT2D eigenvalue weighted by molar-refractivity contribution is 0.0966. The zero-order valence-electron chi connectivity index (χ0n) is 15.3. The Morgan fingerprint density at radius 3 is 2.74 bits per heavy atom. The third-order valence-electron chi connectivity index (χ3n) is 5.83. The van der Waals surface area contributed by atoms with Crippen molar-refractivity contribution in [3.8, 4) is 11.3 Å². The number of nitrogens with two attached hydrogens (primary N) is 1. The van der Waals surface area contributed by atoms with Crippen LogP contribution in [0.4, 0.5) is 5.69 Å². The minimum atomic E-state index is -0.0447. The first-order valence-corrected chi connectivity index (χ1v) is 9.73. The maximum Gasteiger partial charge on any atom is 0.252 e. The predicted molar refractivity (Wildman–Crippen MR) is 108 cm³/mol. The van der Waals surface area contributed by atoms with Crippen molar-refractivity contribution in [2.24, 2.45) is 0 Å². The molecule has 27 heavy (non-hydrogen) atoms. The van der Waals surface area contributed by atoms with Crippen LogP contribution in [0.1, 0.15) is 40.7 Å². The molecule has 4 N–H and O–H groups in total. The average molecular weight is 360 g/mol. The average Bonchev–Trinajstić information content (AvgIpc) is 3.27. The Morgan fingerprint density at radius 2 is 1.89 bits per heavy atom. The molecule has 2 aliphatic rings. The maximum absolute atomic E-state index is 12.3. The number of rotatable bonds is 3. The molecule has 0 bridgehead atoms. The van der Waals surface area contributed by atoms with E-state index in [0.717, 1.165) is 28.9 Å². The van der Waals surface area contributed by atoms with Gasteiger partial charge in [-0.25, -0.2) is 0 Å². The van der Waals surface area contributed by atoms with Gasteiger partial charge >= 0.3 is 0 Å². The number of fused-ring (bicyclic) bond motifs is 2.